The lowest BCUT2D eigenvalue weighted by Gasteiger charge is -2.47. The normalized spacial score (nSPS) is 24.3. The zero-order valence-electron chi connectivity index (χ0n) is 21.8. The Morgan fingerprint density at radius 3 is 2.39 bits per heavy atom. The number of carboxylic acids is 1. The Morgan fingerprint density at radius 2 is 1.83 bits per heavy atom. The number of carboxylic acid groups (broad SMARTS) is 1. The van der Waals surface area contributed by atoms with Gasteiger partial charge in [-0.2, -0.15) is 0 Å². The van der Waals surface area contributed by atoms with Gasteiger partial charge in [0.05, 0.1) is 11.7 Å². The van der Waals surface area contributed by atoms with Crippen molar-refractivity contribution in [3.05, 3.63) is 76.0 Å². The molecule has 2 aromatic carbocycles. The van der Waals surface area contributed by atoms with Crippen LogP contribution in [0.1, 0.15) is 74.9 Å². The van der Waals surface area contributed by atoms with Crippen molar-refractivity contribution >= 4 is 29.2 Å². The molecule has 2 aliphatic rings. The van der Waals surface area contributed by atoms with Crippen molar-refractivity contribution < 1.29 is 19.4 Å². The average Bonchev–Trinajstić information content (AvgIpc) is 2.78. The quantitative estimate of drug-likeness (QED) is 0.435. The molecule has 0 radical (unpaired) electrons. The largest absolute Gasteiger partial charge is 0.478 e. The van der Waals surface area contributed by atoms with Crippen LogP contribution in [-0.2, 0) is 21.4 Å². The van der Waals surface area contributed by atoms with E-state index in [9.17, 15) is 14.7 Å². The van der Waals surface area contributed by atoms with Gasteiger partial charge in [0.2, 0.25) is 5.91 Å². The highest BCUT2D eigenvalue weighted by molar-refractivity contribution is 6.31. The summed E-state index contributed by atoms with van der Waals surface area (Å²) in [5.74, 6) is -0.716. The Morgan fingerprint density at radius 1 is 1.17 bits per heavy atom. The number of hydrogen-bond donors (Lipinski definition) is 1. The van der Waals surface area contributed by atoms with E-state index in [0.29, 0.717) is 18.0 Å². The summed E-state index contributed by atoms with van der Waals surface area (Å²) in [6.45, 7) is 8.83. The van der Waals surface area contributed by atoms with Gasteiger partial charge in [0, 0.05) is 35.9 Å². The number of allylic oxidation sites excluding steroid dienone is 1. The Bertz CT molecular complexity index is 1170. The number of benzene rings is 2. The van der Waals surface area contributed by atoms with Crippen molar-refractivity contribution in [3.63, 3.8) is 0 Å². The molecule has 1 amide bonds. The minimum atomic E-state index is -0.988. The zero-order valence-corrected chi connectivity index (χ0v) is 22.6. The van der Waals surface area contributed by atoms with E-state index in [2.05, 4.69) is 39.8 Å². The number of amides is 1. The van der Waals surface area contributed by atoms with Crippen molar-refractivity contribution in [2.45, 2.75) is 71.3 Å². The van der Waals surface area contributed by atoms with E-state index in [1.54, 1.807) is 24.1 Å². The van der Waals surface area contributed by atoms with Crippen LogP contribution in [0.15, 0.2) is 54.2 Å². The number of carbonyl (C=O) groups excluding carboxylic acids is 1. The third kappa shape index (κ3) is 5.37. The number of nitrogens with zero attached hydrogens (tertiary/aromatic N) is 1. The molecular weight excluding hydrogens is 474 g/mol. The van der Waals surface area contributed by atoms with Crippen LogP contribution in [0.4, 0.5) is 5.69 Å². The maximum atomic E-state index is 13.5. The van der Waals surface area contributed by atoms with Gasteiger partial charge in [-0.15, -0.1) is 0 Å². The molecule has 1 atom stereocenters. The van der Waals surface area contributed by atoms with Gasteiger partial charge in [0.15, 0.2) is 0 Å². The first-order valence-electron chi connectivity index (χ1n) is 12.6. The van der Waals surface area contributed by atoms with Crippen LogP contribution < -0.4 is 4.90 Å². The first kappa shape index (κ1) is 26.4. The molecular formula is C30H36ClNO4. The zero-order chi connectivity index (χ0) is 26.3. The number of rotatable bonds is 7. The average molecular weight is 510 g/mol. The summed E-state index contributed by atoms with van der Waals surface area (Å²) in [4.78, 5) is 26.4. The van der Waals surface area contributed by atoms with Crippen LogP contribution >= 0.6 is 11.6 Å². The first-order chi connectivity index (χ1) is 16.9. The summed E-state index contributed by atoms with van der Waals surface area (Å²) in [6.07, 6.45) is 6.29. The van der Waals surface area contributed by atoms with Crippen LogP contribution in [0.2, 0.25) is 5.02 Å². The third-order valence-electron chi connectivity index (χ3n) is 7.77. The lowest BCUT2D eigenvalue weighted by atomic mass is 9.62. The minimum absolute atomic E-state index is 0.0279. The monoisotopic (exact) mass is 509 g/mol. The van der Waals surface area contributed by atoms with E-state index in [0.717, 1.165) is 41.8 Å². The highest BCUT2D eigenvalue weighted by atomic mass is 35.5. The molecule has 192 valence electrons. The second-order valence-electron chi connectivity index (χ2n) is 11.6. The summed E-state index contributed by atoms with van der Waals surface area (Å²) in [5, 5.41) is 9.99. The Hall–Kier alpha value is -2.63. The van der Waals surface area contributed by atoms with E-state index in [1.807, 2.05) is 12.3 Å². The predicted octanol–water partition coefficient (Wildman–Crippen LogP) is 7.02. The van der Waals surface area contributed by atoms with Gasteiger partial charge in [0.1, 0.15) is 0 Å². The molecule has 1 saturated carbocycles. The molecule has 0 saturated heterocycles. The number of aromatic carboxylic acids is 1. The van der Waals surface area contributed by atoms with E-state index in [1.165, 1.54) is 17.7 Å². The molecule has 1 fully saturated rings. The lowest BCUT2D eigenvalue weighted by molar-refractivity contribution is -0.119. The number of ether oxygens (including phenoxy) is 1. The molecule has 0 aromatic heterocycles. The van der Waals surface area contributed by atoms with Crippen LogP contribution in [0, 0.1) is 11.3 Å². The summed E-state index contributed by atoms with van der Waals surface area (Å²) >= 11 is 6.78. The Balaban J connectivity index is 1.70. The number of halogens is 1. The van der Waals surface area contributed by atoms with Gasteiger partial charge in [-0.3, -0.25) is 9.69 Å². The molecule has 1 N–H and O–H groups in total. The van der Waals surface area contributed by atoms with Gasteiger partial charge in [-0.1, -0.05) is 51.4 Å². The maximum absolute atomic E-state index is 13.5. The molecule has 1 aliphatic carbocycles. The lowest BCUT2D eigenvalue weighted by Crippen LogP contribution is -2.46. The van der Waals surface area contributed by atoms with Crippen LogP contribution in [-0.4, -0.2) is 30.2 Å². The molecule has 1 aliphatic heterocycles. The van der Waals surface area contributed by atoms with Crippen LogP contribution in [0.3, 0.4) is 0 Å². The Kier molecular flexibility index (Phi) is 7.36. The molecule has 36 heavy (non-hydrogen) atoms. The van der Waals surface area contributed by atoms with Gasteiger partial charge in [-0.25, -0.2) is 4.79 Å². The van der Waals surface area contributed by atoms with E-state index < -0.39 is 11.4 Å². The van der Waals surface area contributed by atoms with Crippen LogP contribution in [0.25, 0.3) is 0 Å². The second-order valence-corrected chi connectivity index (χ2v) is 12.0. The summed E-state index contributed by atoms with van der Waals surface area (Å²) < 4.78 is 5.55. The van der Waals surface area contributed by atoms with Gasteiger partial charge in [0.25, 0.3) is 0 Å². The number of hydrogen-bond acceptors (Lipinski definition) is 3. The summed E-state index contributed by atoms with van der Waals surface area (Å²) in [7, 11) is 1.74. The molecule has 2 aromatic rings. The molecule has 5 nitrogen and oxygen atoms in total. The maximum Gasteiger partial charge on any atom is 0.335 e. The fourth-order valence-electron chi connectivity index (χ4n) is 5.27. The standard InChI is InChI=1S/C30H36ClNO4/c1-29(2,3)13-12-19-6-9-22(16-26(19)31)30(4)17-27(33)32(18-25(30)21-14-24(15-21)36-5)23-10-7-20(8-11-23)28(34)35/h6-11,16,18,21,24H,12-15,17H2,1-5H3,(H,34,35)/t21?,24?,30-/m0/s1. The SMILES string of the molecule is COC1CC(C2=CN(c3ccc(C(=O)O)cc3)C(=O)C[C@@]2(C)c2ccc(CCC(C)(C)C)c(Cl)c2)C1. The molecule has 0 spiro atoms. The third-order valence-corrected chi connectivity index (χ3v) is 8.13. The van der Waals surface area contributed by atoms with Crippen molar-refractivity contribution in [2.75, 3.05) is 12.0 Å². The van der Waals surface area contributed by atoms with Gasteiger partial charge < -0.3 is 9.84 Å². The summed E-state index contributed by atoms with van der Waals surface area (Å²) in [6, 6.07) is 12.8. The van der Waals surface area contributed by atoms with Gasteiger partial charge >= 0.3 is 5.97 Å². The fourth-order valence-corrected chi connectivity index (χ4v) is 5.54. The highest BCUT2D eigenvalue weighted by Crippen LogP contribution is 2.50. The smallest absolute Gasteiger partial charge is 0.335 e. The van der Waals surface area contributed by atoms with E-state index in [-0.39, 0.29) is 23.0 Å². The number of anilines is 1. The second kappa shape index (κ2) is 10.0. The molecule has 0 unspecified atom stereocenters. The van der Waals surface area contributed by atoms with Crippen molar-refractivity contribution in [3.8, 4) is 0 Å². The molecule has 6 heteroatoms. The highest BCUT2D eigenvalue weighted by Gasteiger charge is 2.46. The van der Waals surface area contributed by atoms with E-state index >= 15 is 0 Å². The number of methoxy groups -OCH3 is 1. The first-order valence-corrected chi connectivity index (χ1v) is 13.0. The topological polar surface area (TPSA) is 66.8 Å². The van der Waals surface area contributed by atoms with E-state index in [4.69, 9.17) is 16.3 Å². The predicted molar refractivity (Wildman–Crippen MR) is 144 cm³/mol. The summed E-state index contributed by atoms with van der Waals surface area (Å²) in [5.41, 5.74) is 3.99. The molecule has 4 rings (SSSR count). The minimum Gasteiger partial charge on any atom is -0.478 e. The Labute approximate surface area is 219 Å². The van der Waals surface area contributed by atoms with Crippen LogP contribution in [0.5, 0.6) is 0 Å². The van der Waals surface area contributed by atoms with Crippen molar-refractivity contribution in [1.82, 2.24) is 0 Å². The van der Waals surface area contributed by atoms with Crippen molar-refractivity contribution in [2.24, 2.45) is 11.3 Å². The molecule has 0 bridgehead atoms. The van der Waals surface area contributed by atoms with Gasteiger partial charge in [-0.05, 0) is 84.0 Å². The molecule has 1 heterocycles. The number of carbonyl (C=O) groups is 2. The fraction of sp³-hybridized carbons (Fsp3) is 0.467. The van der Waals surface area contributed by atoms with Crippen molar-refractivity contribution in [1.29, 1.82) is 0 Å². The number of aryl methyl sites for hydroxylation is 1.